The van der Waals surface area contributed by atoms with Crippen molar-refractivity contribution >= 4 is 5.78 Å². The van der Waals surface area contributed by atoms with Crippen LogP contribution in [0.25, 0.3) is 0 Å². The summed E-state index contributed by atoms with van der Waals surface area (Å²) < 4.78 is 27.1. The van der Waals surface area contributed by atoms with Crippen LogP contribution in [0.5, 0.6) is 0 Å². The highest BCUT2D eigenvalue weighted by molar-refractivity contribution is 6.07. The Labute approximate surface area is 90.3 Å². The van der Waals surface area contributed by atoms with Crippen LogP contribution in [0.4, 0.5) is 8.78 Å². The molecule has 1 aromatic heterocycles. The summed E-state index contributed by atoms with van der Waals surface area (Å²) in [6.45, 7) is 0. The van der Waals surface area contributed by atoms with E-state index in [0.29, 0.717) is 5.69 Å². The van der Waals surface area contributed by atoms with Crippen LogP contribution in [-0.4, -0.2) is 15.3 Å². The molecule has 0 radical (unpaired) electrons. The molecule has 0 fully saturated rings. The van der Waals surface area contributed by atoms with Gasteiger partial charge >= 0.3 is 0 Å². The Kier molecular flexibility index (Phi) is 2.52. The predicted octanol–water partition coefficient (Wildman–Crippen LogP) is 1.93. The van der Waals surface area contributed by atoms with Gasteiger partial charge in [-0.2, -0.15) is 0 Å². The van der Waals surface area contributed by atoms with Gasteiger partial charge in [0, 0.05) is 12.6 Å². The number of aryl methyl sites for hydroxylation is 1. The SMILES string of the molecule is Cn1cncc1C(=O)c1ccc(F)c(F)c1. The van der Waals surface area contributed by atoms with Gasteiger partial charge in [-0.05, 0) is 18.2 Å². The quantitative estimate of drug-likeness (QED) is 0.728. The summed E-state index contributed by atoms with van der Waals surface area (Å²) in [5.41, 5.74) is 0.425. The molecule has 0 unspecified atom stereocenters. The topological polar surface area (TPSA) is 34.9 Å². The molecule has 2 aromatic rings. The second kappa shape index (κ2) is 3.84. The minimum atomic E-state index is -1.03. The highest BCUT2D eigenvalue weighted by Crippen LogP contribution is 2.12. The molecule has 16 heavy (non-hydrogen) atoms. The molecular weight excluding hydrogens is 214 g/mol. The number of hydrogen-bond acceptors (Lipinski definition) is 2. The molecule has 1 aromatic carbocycles. The van der Waals surface area contributed by atoms with E-state index in [1.807, 2.05) is 0 Å². The van der Waals surface area contributed by atoms with Crippen LogP contribution in [0.15, 0.2) is 30.7 Å². The molecule has 1 heterocycles. The van der Waals surface area contributed by atoms with Gasteiger partial charge in [0.15, 0.2) is 11.6 Å². The van der Waals surface area contributed by atoms with Gasteiger partial charge in [0.25, 0.3) is 0 Å². The Morgan fingerprint density at radius 3 is 2.62 bits per heavy atom. The lowest BCUT2D eigenvalue weighted by atomic mass is 10.1. The maximum atomic E-state index is 12.9. The molecule has 0 atom stereocenters. The first-order valence-corrected chi connectivity index (χ1v) is 4.55. The van der Waals surface area contributed by atoms with Gasteiger partial charge in [0.05, 0.1) is 12.5 Å². The number of benzene rings is 1. The molecule has 0 spiro atoms. The Balaban J connectivity index is 2.42. The molecule has 0 amide bonds. The summed E-state index contributed by atoms with van der Waals surface area (Å²) in [7, 11) is 1.65. The van der Waals surface area contributed by atoms with Gasteiger partial charge in [-0.3, -0.25) is 4.79 Å². The van der Waals surface area contributed by atoms with E-state index in [-0.39, 0.29) is 11.3 Å². The maximum Gasteiger partial charge on any atom is 0.211 e. The van der Waals surface area contributed by atoms with Crippen molar-refractivity contribution < 1.29 is 13.6 Å². The second-order valence-electron chi connectivity index (χ2n) is 3.35. The molecule has 0 N–H and O–H groups in total. The summed E-state index contributed by atoms with van der Waals surface area (Å²) >= 11 is 0. The standard InChI is InChI=1S/C11H8F2N2O/c1-15-6-14-5-10(15)11(16)7-2-3-8(12)9(13)4-7/h2-6H,1H3. The summed E-state index contributed by atoms with van der Waals surface area (Å²) in [5, 5.41) is 0. The van der Waals surface area contributed by atoms with E-state index in [1.165, 1.54) is 23.2 Å². The van der Waals surface area contributed by atoms with Gasteiger partial charge in [-0.25, -0.2) is 13.8 Å². The van der Waals surface area contributed by atoms with Crippen molar-refractivity contribution in [3.63, 3.8) is 0 Å². The number of imidazole rings is 1. The van der Waals surface area contributed by atoms with Crippen molar-refractivity contribution in [1.29, 1.82) is 0 Å². The lowest BCUT2D eigenvalue weighted by Crippen LogP contribution is -2.07. The first-order valence-electron chi connectivity index (χ1n) is 4.55. The Hall–Kier alpha value is -2.04. The minimum absolute atomic E-state index is 0.0995. The molecular formula is C11H8F2N2O. The smallest absolute Gasteiger partial charge is 0.211 e. The van der Waals surface area contributed by atoms with E-state index >= 15 is 0 Å². The third-order valence-electron chi connectivity index (χ3n) is 2.23. The van der Waals surface area contributed by atoms with Crippen LogP contribution in [0.1, 0.15) is 16.1 Å². The van der Waals surface area contributed by atoms with Crippen LogP contribution in [0.3, 0.4) is 0 Å². The zero-order chi connectivity index (χ0) is 11.7. The van der Waals surface area contributed by atoms with Gasteiger partial charge in [0.2, 0.25) is 5.78 Å². The highest BCUT2D eigenvalue weighted by Gasteiger charge is 2.14. The van der Waals surface area contributed by atoms with Crippen molar-refractivity contribution in [3.8, 4) is 0 Å². The molecule has 5 heteroatoms. The molecule has 0 saturated carbocycles. The van der Waals surface area contributed by atoms with Crippen LogP contribution in [0.2, 0.25) is 0 Å². The average molecular weight is 222 g/mol. The van der Waals surface area contributed by atoms with E-state index in [2.05, 4.69) is 4.98 Å². The number of halogens is 2. The van der Waals surface area contributed by atoms with Gasteiger partial charge < -0.3 is 4.57 Å². The summed E-state index contributed by atoms with van der Waals surface area (Å²) in [6.07, 6.45) is 2.84. The summed E-state index contributed by atoms with van der Waals surface area (Å²) in [6, 6.07) is 3.05. The number of rotatable bonds is 2. The highest BCUT2D eigenvalue weighted by atomic mass is 19.2. The number of carbonyl (C=O) groups is 1. The summed E-state index contributed by atoms with van der Waals surface area (Å²) in [5.74, 6) is -2.39. The molecule has 3 nitrogen and oxygen atoms in total. The third kappa shape index (κ3) is 1.71. The lowest BCUT2D eigenvalue weighted by Gasteiger charge is -2.02. The van der Waals surface area contributed by atoms with Crippen LogP contribution >= 0.6 is 0 Å². The number of ketones is 1. The number of nitrogens with zero attached hydrogens (tertiary/aromatic N) is 2. The van der Waals surface area contributed by atoms with Crippen molar-refractivity contribution in [2.75, 3.05) is 0 Å². The predicted molar refractivity (Wildman–Crippen MR) is 53.0 cm³/mol. The first kappa shape index (κ1) is 10.5. The monoisotopic (exact) mass is 222 g/mol. The van der Waals surface area contributed by atoms with E-state index in [4.69, 9.17) is 0 Å². The first-order chi connectivity index (χ1) is 7.59. The van der Waals surface area contributed by atoms with Crippen molar-refractivity contribution in [2.45, 2.75) is 0 Å². The fourth-order valence-corrected chi connectivity index (χ4v) is 1.36. The Morgan fingerprint density at radius 2 is 2.06 bits per heavy atom. The molecule has 0 bridgehead atoms. The van der Waals surface area contributed by atoms with Crippen molar-refractivity contribution in [3.05, 3.63) is 53.6 Å². The third-order valence-corrected chi connectivity index (χ3v) is 2.23. The molecule has 0 aliphatic rings. The Morgan fingerprint density at radius 1 is 1.31 bits per heavy atom. The van der Waals surface area contributed by atoms with Crippen LogP contribution in [-0.2, 0) is 7.05 Å². The number of hydrogen-bond donors (Lipinski definition) is 0. The second-order valence-corrected chi connectivity index (χ2v) is 3.35. The largest absolute Gasteiger partial charge is 0.331 e. The molecule has 0 aliphatic carbocycles. The zero-order valence-corrected chi connectivity index (χ0v) is 8.45. The minimum Gasteiger partial charge on any atom is -0.331 e. The van der Waals surface area contributed by atoms with Crippen LogP contribution < -0.4 is 0 Å². The zero-order valence-electron chi connectivity index (χ0n) is 8.45. The number of aromatic nitrogens is 2. The normalized spacial score (nSPS) is 10.4. The van der Waals surface area contributed by atoms with E-state index in [1.54, 1.807) is 7.05 Å². The van der Waals surface area contributed by atoms with E-state index < -0.39 is 11.6 Å². The fourth-order valence-electron chi connectivity index (χ4n) is 1.36. The lowest BCUT2D eigenvalue weighted by molar-refractivity contribution is 0.103. The van der Waals surface area contributed by atoms with Gasteiger partial charge in [0.1, 0.15) is 5.69 Å². The molecule has 2 rings (SSSR count). The van der Waals surface area contributed by atoms with E-state index in [0.717, 1.165) is 12.1 Å². The van der Waals surface area contributed by atoms with Gasteiger partial charge in [-0.15, -0.1) is 0 Å². The van der Waals surface area contributed by atoms with Crippen LogP contribution in [0, 0.1) is 11.6 Å². The summed E-state index contributed by atoms with van der Waals surface area (Å²) in [4.78, 5) is 15.6. The number of carbonyl (C=O) groups excluding carboxylic acids is 1. The van der Waals surface area contributed by atoms with Crippen molar-refractivity contribution in [2.24, 2.45) is 7.05 Å². The average Bonchev–Trinajstić information content (AvgIpc) is 2.67. The Bertz CT molecular complexity index is 549. The van der Waals surface area contributed by atoms with Gasteiger partial charge in [-0.1, -0.05) is 0 Å². The fraction of sp³-hybridized carbons (Fsp3) is 0.0909. The maximum absolute atomic E-state index is 12.9. The van der Waals surface area contributed by atoms with Crippen molar-refractivity contribution in [1.82, 2.24) is 9.55 Å². The molecule has 0 aliphatic heterocycles. The molecule has 82 valence electrons. The van der Waals surface area contributed by atoms with E-state index in [9.17, 15) is 13.6 Å². The molecule has 0 saturated heterocycles.